The Morgan fingerprint density at radius 2 is 2.27 bits per heavy atom. The van der Waals surface area contributed by atoms with E-state index in [1.54, 1.807) is 13.2 Å². The van der Waals surface area contributed by atoms with E-state index in [-0.39, 0.29) is 5.91 Å². The van der Waals surface area contributed by atoms with E-state index in [9.17, 15) is 4.79 Å². The molecule has 5 nitrogen and oxygen atoms in total. The minimum absolute atomic E-state index is 0.176. The van der Waals surface area contributed by atoms with Gasteiger partial charge < -0.3 is 20.5 Å². The molecule has 3 N–H and O–H groups in total. The molecular formula is C10H20N2O3. The smallest absolute Gasteiger partial charge is 0.237 e. The Bertz CT molecular complexity index is 186. The number of hydrogen-bond donors (Lipinski definition) is 2. The Morgan fingerprint density at radius 1 is 1.53 bits per heavy atom. The number of carbonyl (C=O) groups excluding carboxylic acids is 1. The summed E-state index contributed by atoms with van der Waals surface area (Å²) < 4.78 is 9.96. The third kappa shape index (κ3) is 8.11. The van der Waals surface area contributed by atoms with Crippen LogP contribution in [0.3, 0.4) is 0 Å². The van der Waals surface area contributed by atoms with Crippen molar-refractivity contribution in [3.63, 3.8) is 0 Å². The van der Waals surface area contributed by atoms with Crippen LogP contribution >= 0.6 is 0 Å². The van der Waals surface area contributed by atoms with Gasteiger partial charge in [0.05, 0.1) is 25.9 Å². The van der Waals surface area contributed by atoms with Crippen molar-refractivity contribution in [2.45, 2.75) is 12.5 Å². The summed E-state index contributed by atoms with van der Waals surface area (Å²) in [7, 11) is 1.61. The molecule has 0 bridgehead atoms. The van der Waals surface area contributed by atoms with Crippen LogP contribution in [-0.2, 0) is 14.3 Å². The van der Waals surface area contributed by atoms with E-state index in [0.717, 1.165) is 0 Å². The number of nitrogens with two attached hydrogens (primary N) is 1. The largest absolute Gasteiger partial charge is 0.382 e. The molecule has 1 amide bonds. The predicted octanol–water partition coefficient (Wildman–Crippen LogP) is -0.331. The van der Waals surface area contributed by atoms with Crippen molar-refractivity contribution < 1.29 is 14.3 Å². The second-order valence-corrected chi connectivity index (χ2v) is 3.03. The quantitative estimate of drug-likeness (QED) is 0.409. The summed E-state index contributed by atoms with van der Waals surface area (Å²) in [5.74, 6) is -0.176. The highest BCUT2D eigenvalue weighted by molar-refractivity contribution is 5.81. The Hall–Kier alpha value is -0.910. The summed E-state index contributed by atoms with van der Waals surface area (Å²) in [5.41, 5.74) is 5.55. The fourth-order valence-corrected chi connectivity index (χ4v) is 0.908. The van der Waals surface area contributed by atoms with Crippen LogP contribution in [0, 0.1) is 0 Å². The van der Waals surface area contributed by atoms with Crippen LogP contribution in [0.25, 0.3) is 0 Å². The van der Waals surface area contributed by atoms with Gasteiger partial charge in [0.25, 0.3) is 0 Å². The van der Waals surface area contributed by atoms with Gasteiger partial charge >= 0.3 is 0 Å². The third-order valence-electron chi connectivity index (χ3n) is 1.73. The molecule has 0 rings (SSSR count). The van der Waals surface area contributed by atoms with Crippen molar-refractivity contribution in [2.24, 2.45) is 5.73 Å². The minimum atomic E-state index is -0.513. The molecule has 0 radical (unpaired) electrons. The Labute approximate surface area is 90.6 Å². The Morgan fingerprint density at radius 3 is 2.87 bits per heavy atom. The summed E-state index contributed by atoms with van der Waals surface area (Å²) in [6, 6.07) is -0.513. The molecule has 1 atom stereocenters. The van der Waals surface area contributed by atoms with E-state index in [0.29, 0.717) is 32.8 Å². The first-order valence-electron chi connectivity index (χ1n) is 4.93. The molecular weight excluding hydrogens is 196 g/mol. The average Bonchev–Trinajstić information content (AvgIpc) is 2.23. The number of methoxy groups -OCH3 is 1. The van der Waals surface area contributed by atoms with Crippen LogP contribution in [-0.4, -0.2) is 45.4 Å². The molecule has 0 spiro atoms. The highest BCUT2D eigenvalue weighted by Crippen LogP contribution is 1.87. The van der Waals surface area contributed by atoms with E-state index >= 15 is 0 Å². The molecule has 1 unspecified atom stereocenters. The maximum atomic E-state index is 11.3. The van der Waals surface area contributed by atoms with Gasteiger partial charge in [0, 0.05) is 13.7 Å². The van der Waals surface area contributed by atoms with E-state index in [2.05, 4.69) is 11.9 Å². The maximum Gasteiger partial charge on any atom is 0.237 e. The fraction of sp³-hybridized carbons (Fsp3) is 0.700. The summed E-state index contributed by atoms with van der Waals surface area (Å²) in [6.07, 6.45) is 2.11. The standard InChI is InChI=1S/C10H20N2O3/c1-3-4-9(11)10(13)12-5-6-15-8-7-14-2/h3,9H,1,4-8,11H2,2H3,(H,12,13). The lowest BCUT2D eigenvalue weighted by molar-refractivity contribution is -0.122. The molecule has 0 heterocycles. The molecule has 0 aromatic rings. The lowest BCUT2D eigenvalue weighted by Crippen LogP contribution is -2.41. The van der Waals surface area contributed by atoms with Crippen LogP contribution in [0.1, 0.15) is 6.42 Å². The molecule has 15 heavy (non-hydrogen) atoms. The Balaban J connectivity index is 3.34. The number of rotatable bonds is 9. The zero-order valence-electron chi connectivity index (χ0n) is 9.20. The molecule has 0 aliphatic carbocycles. The van der Waals surface area contributed by atoms with Crippen LogP contribution in [0.5, 0.6) is 0 Å². The third-order valence-corrected chi connectivity index (χ3v) is 1.73. The van der Waals surface area contributed by atoms with Gasteiger partial charge in [-0.25, -0.2) is 0 Å². The first kappa shape index (κ1) is 14.1. The molecule has 0 fully saturated rings. The Kier molecular flexibility index (Phi) is 9.05. The summed E-state index contributed by atoms with van der Waals surface area (Å²) in [5, 5.41) is 2.67. The molecule has 0 aliphatic heterocycles. The fourth-order valence-electron chi connectivity index (χ4n) is 0.908. The van der Waals surface area contributed by atoms with E-state index in [1.165, 1.54) is 0 Å². The maximum absolute atomic E-state index is 11.3. The van der Waals surface area contributed by atoms with Crippen molar-refractivity contribution >= 4 is 5.91 Å². The number of hydrogen-bond acceptors (Lipinski definition) is 4. The molecule has 0 aliphatic rings. The highest BCUT2D eigenvalue weighted by atomic mass is 16.5. The normalized spacial score (nSPS) is 12.1. The summed E-state index contributed by atoms with van der Waals surface area (Å²) in [6.45, 7) is 5.54. The molecule has 0 saturated carbocycles. The van der Waals surface area contributed by atoms with Gasteiger partial charge in [-0.15, -0.1) is 6.58 Å². The molecule has 0 aromatic carbocycles. The van der Waals surface area contributed by atoms with Crippen molar-refractivity contribution in [3.8, 4) is 0 Å². The number of carbonyl (C=O) groups is 1. The molecule has 88 valence electrons. The van der Waals surface area contributed by atoms with Gasteiger partial charge in [-0.3, -0.25) is 4.79 Å². The number of nitrogens with one attached hydrogen (secondary N) is 1. The van der Waals surface area contributed by atoms with Gasteiger partial charge in [-0.05, 0) is 6.42 Å². The van der Waals surface area contributed by atoms with Crippen molar-refractivity contribution in [3.05, 3.63) is 12.7 Å². The topological polar surface area (TPSA) is 73.6 Å². The predicted molar refractivity (Wildman–Crippen MR) is 58.5 cm³/mol. The first-order chi connectivity index (χ1) is 7.22. The van der Waals surface area contributed by atoms with E-state index < -0.39 is 6.04 Å². The summed E-state index contributed by atoms with van der Waals surface area (Å²) in [4.78, 5) is 11.3. The van der Waals surface area contributed by atoms with Crippen molar-refractivity contribution in [1.82, 2.24) is 5.32 Å². The van der Waals surface area contributed by atoms with Gasteiger partial charge in [0.2, 0.25) is 5.91 Å². The van der Waals surface area contributed by atoms with Gasteiger partial charge in [-0.2, -0.15) is 0 Å². The first-order valence-corrected chi connectivity index (χ1v) is 4.93. The number of ether oxygens (including phenoxy) is 2. The summed E-state index contributed by atoms with van der Waals surface area (Å²) >= 11 is 0. The second kappa shape index (κ2) is 9.64. The monoisotopic (exact) mass is 216 g/mol. The lowest BCUT2D eigenvalue weighted by atomic mass is 10.2. The zero-order valence-corrected chi connectivity index (χ0v) is 9.20. The molecule has 0 aromatic heterocycles. The van der Waals surface area contributed by atoms with Crippen LogP contribution < -0.4 is 11.1 Å². The minimum Gasteiger partial charge on any atom is -0.382 e. The number of amides is 1. The average molecular weight is 216 g/mol. The zero-order chi connectivity index (χ0) is 11.5. The van der Waals surface area contributed by atoms with Crippen molar-refractivity contribution in [1.29, 1.82) is 0 Å². The molecule has 0 saturated heterocycles. The lowest BCUT2D eigenvalue weighted by Gasteiger charge is -2.10. The van der Waals surface area contributed by atoms with Gasteiger partial charge in [0.1, 0.15) is 0 Å². The van der Waals surface area contributed by atoms with Crippen LogP contribution in [0.15, 0.2) is 12.7 Å². The van der Waals surface area contributed by atoms with E-state index in [4.69, 9.17) is 15.2 Å². The molecule has 5 heteroatoms. The van der Waals surface area contributed by atoms with Crippen molar-refractivity contribution in [2.75, 3.05) is 33.5 Å². The van der Waals surface area contributed by atoms with Gasteiger partial charge in [-0.1, -0.05) is 6.08 Å². The van der Waals surface area contributed by atoms with Crippen LogP contribution in [0.4, 0.5) is 0 Å². The second-order valence-electron chi connectivity index (χ2n) is 3.03. The highest BCUT2D eigenvalue weighted by Gasteiger charge is 2.09. The van der Waals surface area contributed by atoms with E-state index in [1.807, 2.05) is 0 Å². The SMILES string of the molecule is C=CCC(N)C(=O)NCCOCCOC. The van der Waals surface area contributed by atoms with Crippen LogP contribution in [0.2, 0.25) is 0 Å². The van der Waals surface area contributed by atoms with Gasteiger partial charge in [0.15, 0.2) is 0 Å².